The van der Waals surface area contributed by atoms with Gasteiger partial charge in [0.05, 0.1) is 0 Å². The molecular weight excluding hydrogens is 500 g/mol. The van der Waals surface area contributed by atoms with E-state index in [9.17, 15) is 0 Å². The SMILES string of the molecule is CC(C)[Si](C([Si](C)(C)C)[Si](C)(C)C)(C([Si](C)(C)C)[Si](C)(C)C)[Si-]1C2C=Cc3ccccc3C21.[Li+]. The molecule has 1 saturated heterocycles. The number of hydrogen-bond acceptors (Lipinski definition) is 0. The van der Waals surface area contributed by atoms with Gasteiger partial charge in [0, 0.05) is 32.3 Å². The molecule has 3 rings (SSSR count). The van der Waals surface area contributed by atoms with Gasteiger partial charge in [0.1, 0.15) is 0 Å². The van der Waals surface area contributed by atoms with Crippen molar-refractivity contribution in [3.05, 3.63) is 41.5 Å². The topological polar surface area (TPSA) is 0 Å². The maximum atomic E-state index is 2.78. The van der Waals surface area contributed by atoms with E-state index in [1.165, 1.54) is 0 Å². The van der Waals surface area contributed by atoms with Crippen molar-refractivity contribution in [1.29, 1.82) is 0 Å². The molecule has 7 heteroatoms. The summed E-state index contributed by atoms with van der Waals surface area (Å²) in [6.45, 7) is 38.9. The van der Waals surface area contributed by atoms with Gasteiger partial charge in [-0.05, 0) is 5.56 Å². The Labute approximate surface area is 231 Å². The van der Waals surface area contributed by atoms with Crippen LogP contribution >= 0.6 is 0 Å². The molecule has 2 unspecified atom stereocenters. The molecule has 1 fully saturated rings. The normalized spacial score (nSPS) is 21.6. The van der Waals surface area contributed by atoms with Gasteiger partial charge in [-0.25, -0.2) is 8.31 Å². The van der Waals surface area contributed by atoms with Crippen LogP contribution in [0, 0.1) is 0 Å². The molecule has 0 radical (unpaired) electrons. The van der Waals surface area contributed by atoms with Crippen molar-refractivity contribution >= 4 is 54.3 Å². The predicted molar refractivity (Wildman–Crippen MR) is 169 cm³/mol. The van der Waals surface area contributed by atoms with E-state index in [-0.39, 0.29) is 18.9 Å². The summed E-state index contributed by atoms with van der Waals surface area (Å²) < 4.78 is 0. The van der Waals surface area contributed by atoms with E-state index >= 15 is 0 Å². The zero-order chi connectivity index (χ0) is 25.4. The van der Waals surface area contributed by atoms with Gasteiger partial charge in [0.15, 0.2) is 0 Å². The summed E-state index contributed by atoms with van der Waals surface area (Å²) >= 11 is 0. The summed E-state index contributed by atoms with van der Waals surface area (Å²) in [5.41, 5.74) is 6.04. The van der Waals surface area contributed by atoms with Crippen LogP contribution in [0.2, 0.25) is 99.2 Å². The quantitative estimate of drug-likeness (QED) is 0.327. The Kier molecular flexibility index (Phi) is 9.02. The molecule has 186 valence electrons. The van der Waals surface area contributed by atoms with Gasteiger partial charge in [0.2, 0.25) is 0 Å². The number of fused-ring (bicyclic) bond motifs is 3. The largest absolute Gasteiger partial charge is 1.00 e. The zero-order valence-electron chi connectivity index (χ0n) is 25.4. The molecular formula is C27H53LiSi6. The van der Waals surface area contributed by atoms with E-state index in [1.54, 1.807) is 11.1 Å². The number of benzene rings is 1. The first-order valence-corrected chi connectivity index (χ1v) is 32.6. The fourth-order valence-corrected chi connectivity index (χ4v) is 98.4. The smallest absolute Gasteiger partial charge is 0.244 e. The van der Waals surface area contributed by atoms with Gasteiger partial charge >= 0.3 is 18.9 Å². The van der Waals surface area contributed by atoms with Gasteiger partial charge in [-0.15, -0.1) is 6.08 Å². The van der Waals surface area contributed by atoms with E-state index < -0.39 is 48.2 Å². The Bertz CT molecular complexity index is 837. The van der Waals surface area contributed by atoms with Crippen LogP contribution in [0.15, 0.2) is 30.3 Å². The second-order valence-corrected chi connectivity index (χ2v) is 51.3. The maximum absolute atomic E-state index is 2.78. The Morgan fingerprint density at radius 1 is 0.676 bits per heavy atom. The van der Waals surface area contributed by atoms with Crippen LogP contribution in [-0.2, 0) is 0 Å². The molecule has 1 aliphatic heterocycles. The second kappa shape index (κ2) is 9.87. The Balaban J connectivity index is 0.00000408. The van der Waals surface area contributed by atoms with Crippen molar-refractivity contribution in [3.63, 3.8) is 0 Å². The third-order valence-corrected chi connectivity index (χ3v) is 61.0. The van der Waals surface area contributed by atoms with Crippen LogP contribution in [0.4, 0.5) is 0 Å². The summed E-state index contributed by atoms with van der Waals surface area (Å²) in [7, 11) is -7.48. The summed E-state index contributed by atoms with van der Waals surface area (Å²) in [5.74, 6) is 0. The fourth-order valence-electron chi connectivity index (χ4n) is 9.53. The first-order valence-electron chi connectivity index (χ1n) is 13.4. The second-order valence-electron chi connectivity index (χ2n) is 15.9. The van der Waals surface area contributed by atoms with Crippen molar-refractivity contribution in [2.45, 2.75) is 119 Å². The average molecular weight is 553 g/mol. The van der Waals surface area contributed by atoms with E-state index in [0.717, 1.165) is 26.2 Å². The Hall–Kier alpha value is 0.859. The molecule has 0 nitrogen and oxygen atoms in total. The predicted octanol–water partition coefficient (Wildman–Crippen LogP) is 6.41. The molecule has 1 aromatic rings. The standard InChI is InChI=1S/C27H53Si6.Li/c1-21(2)33(26(29(3,4)5)30(6,7)8,27(31(9,10)11)32(12,13)14)28-24-20-19-22-17-15-16-18-23(22)25(24)28;/h15-21,24-27H,1-14H3;/q-1;+1. The van der Waals surface area contributed by atoms with Crippen LogP contribution in [0.5, 0.6) is 0 Å². The van der Waals surface area contributed by atoms with Crippen molar-refractivity contribution in [2.24, 2.45) is 0 Å². The van der Waals surface area contributed by atoms with E-state index in [0.29, 0.717) is 0 Å². The van der Waals surface area contributed by atoms with Crippen molar-refractivity contribution in [3.8, 4) is 0 Å². The molecule has 0 amide bonds. The first-order chi connectivity index (χ1) is 14.8. The van der Waals surface area contributed by atoms with E-state index in [1.807, 2.05) is 0 Å². The monoisotopic (exact) mass is 552 g/mol. The summed E-state index contributed by atoms with van der Waals surface area (Å²) in [6.07, 6.45) is 5.24. The van der Waals surface area contributed by atoms with Gasteiger partial charge in [-0.2, -0.15) is 11.1 Å². The molecule has 1 aliphatic carbocycles. The molecule has 1 heterocycles. The molecule has 0 saturated carbocycles. The summed E-state index contributed by atoms with van der Waals surface area (Å²) in [4.78, 5) is 2.25. The van der Waals surface area contributed by atoms with Crippen LogP contribution in [0.25, 0.3) is 6.08 Å². The summed E-state index contributed by atoms with van der Waals surface area (Å²) in [5, 5.41) is 0. The third-order valence-electron chi connectivity index (χ3n) is 8.63. The summed E-state index contributed by atoms with van der Waals surface area (Å²) in [6, 6.07) is 9.49. The van der Waals surface area contributed by atoms with Crippen molar-refractivity contribution < 1.29 is 18.9 Å². The average Bonchev–Trinajstić information content (AvgIpc) is 3.31. The van der Waals surface area contributed by atoms with Crippen LogP contribution in [-0.4, -0.2) is 48.2 Å². The minimum Gasteiger partial charge on any atom is -0.244 e. The van der Waals surface area contributed by atoms with E-state index in [4.69, 9.17) is 0 Å². The Morgan fingerprint density at radius 2 is 1.09 bits per heavy atom. The zero-order valence-corrected chi connectivity index (χ0v) is 31.4. The molecule has 0 aromatic heterocycles. The molecule has 34 heavy (non-hydrogen) atoms. The number of hydrogen-bond donors (Lipinski definition) is 0. The molecule has 0 bridgehead atoms. The van der Waals surface area contributed by atoms with Gasteiger partial charge in [-0.1, -0.05) is 151 Å². The van der Waals surface area contributed by atoms with Crippen LogP contribution < -0.4 is 18.9 Å². The van der Waals surface area contributed by atoms with Crippen molar-refractivity contribution in [1.82, 2.24) is 0 Å². The molecule has 2 atom stereocenters. The first kappa shape index (κ1) is 31.1. The Morgan fingerprint density at radius 3 is 1.47 bits per heavy atom. The molecule has 1 aromatic carbocycles. The fraction of sp³-hybridized carbons (Fsp3) is 0.704. The van der Waals surface area contributed by atoms with Gasteiger partial charge in [-0.3, -0.25) is 0 Å². The van der Waals surface area contributed by atoms with Crippen molar-refractivity contribution in [2.75, 3.05) is 0 Å². The van der Waals surface area contributed by atoms with Gasteiger partial charge in [0.25, 0.3) is 0 Å². The maximum Gasteiger partial charge on any atom is 1.00 e. The van der Waals surface area contributed by atoms with E-state index in [2.05, 4.69) is 129 Å². The van der Waals surface area contributed by atoms with Crippen LogP contribution in [0.3, 0.4) is 0 Å². The molecule has 0 spiro atoms. The third kappa shape index (κ3) is 5.36. The molecule has 0 N–H and O–H groups in total. The van der Waals surface area contributed by atoms with Crippen LogP contribution in [0.1, 0.15) is 30.5 Å². The number of allylic oxidation sites excluding steroid dienone is 1. The van der Waals surface area contributed by atoms with Gasteiger partial charge < -0.3 is 0 Å². The molecule has 2 aliphatic rings. The number of rotatable bonds is 8. The minimum atomic E-state index is -1.64. The minimum absolute atomic E-state index is 0.